The molecule has 108 valence electrons. The van der Waals surface area contributed by atoms with Crippen LogP contribution in [0.25, 0.3) is 0 Å². The Hall–Kier alpha value is -1.68. The minimum absolute atomic E-state index is 0.0142. The summed E-state index contributed by atoms with van der Waals surface area (Å²) in [5.74, 6) is 0.0142. The number of nitrogens with zero attached hydrogens (tertiary/aromatic N) is 2. The Morgan fingerprint density at radius 2 is 2.05 bits per heavy atom. The number of pyridine rings is 1. The minimum Gasteiger partial charge on any atom is -0.330 e. The van der Waals surface area contributed by atoms with Gasteiger partial charge in [-0.15, -0.1) is 0 Å². The molecular weight excluding hydrogens is 328 g/mol. The van der Waals surface area contributed by atoms with Crippen LogP contribution in [0.4, 0.5) is 0 Å². The van der Waals surface area contributed by atoms with Crippen molar-refractivity contribution in [2.75, 3.05) is 0 Å². The number of carbonyl (C=O) groups excluding carboxylic acids is 1. The topological polar surface area (TPSA) is 33.2 Å². The summed E-state index contributed by atoms with van der Waals surface area (Å²) >= 11 is 3.33. The Morgan fingerprint density at radius 3 is 2.71 bits per heavy atom. The first-order chi connectivity index (χ1) is 10.1. The lowest BCUT2D eigenvalue weighted by atomic mass is 10.1. The van der Waals surface area contributed by atoms with Crippen LogP contribution < -0.4 is 0 Å². The van der Waals surface area contributed by atoms with E-state index in [9.17, 15) is 4.79 Å². The van der Waals surface area contributed by atoms with E-state index in [-0.39, 0.29) is 5.91 Å². The molecule has 1 fully saturated rings. The number of halogens is 1. The molecule has 0 unspecified atom stereocenters. The summed E-state index contributed by atoms with van der Waals surface area (Å²) in [4.78, 5) is 18.9. The van der Waals surface area contributed by atoms with Crippen LogP contribution in [0.5, 0.6) is 0 Å². The third-order valence-corrected chi connectivity index (χ3v) is 4.06. The van der Waals surface area contributed by atoms with Crippen molar-refractivity contribution in [2.24, 2.45) is 0 Å². The molecule has 0 N–H and O–H groups in total. The maximum Gasteiger partial charge on any atom is 0.273 e. The van der Waals surface area contributed by atoms with Gasteiger partial charge in [-0.1, -0.05) is 35.9 Å². The number of aryl methyl sites for hydroxylation is 1. The van der Waals surface area contributed by atoms with Crippen LogP contribution in [0.15, 0.2) is 47.1 Å². The fraction of sp³-hybridized carbons (Fsp3) is 0.294. The number of carbonyl (C=O) groups is 1. The zero-order valence-electron chi connectivity index (χ0n) is 11.9. The number of benzene rings is 1. The molecule has 2 aromatic rings. The van der Waals surface area contributed by atoms with Crippen molar-refractivity contribution in [3.05, 3.63) is 63.9 Å². The fourth-order valence-corrected chi connectivity index (χ4v) is 2.78. The number of aromatic nitrogens is 1. The van der Waals surface area contributed by atoms with E-state index in [1.54, 1.807) is 6.07 Å². The van der Waals surface area contributed by atoms with Crippen LogP contribution in [0.1, 0.15) is 34.5 Å². The van der Waals surface area contributed by atoms with E-state index in [0.29, 0.717) is 22.9 Å². The fourth-order valence-electron chi connectivity index (χ4n) is 2.43. The lowest BCUT2D eigenvalue weighted by molar-refractivity contribution is 0.0723. The molecule has 0 radical (unpaired) electrons. The second-order valence-electron chi connectivity index (χ2n) is 5.50. The van der Waals surface area contributed by atoms with Crippen LogP contribution in [0, 0.1) is 6.92 Å². The lowest BCUT2D eigenvalue weighted by Crippen LogP contribution is -2.33. The molecule has 0 aliphatic heterocycles. The maximum absolute atomic E-state index is 12.7. The van der Waals surface area contributed by atoms with Gasteiger partial charge in [-0.2, -0.15) is 0 Å². The monoisotopic (exact) mass is 344 g/mol. The highest BCUT2D eigenvalue weighted by molar-refractivity contribution is 9.10. The summed E-state index contributed by atoms with van der Waals surface area (Å²) in [5.41, 5.74) is 2.89. The van der Waals surface area contributed by atoms with E-state index < -0.39 is 0 Å². The van der Waals surface area contributed by atoms with Crippen molar-refractivity contribution < 1.29 is 4.79 Å². The van der Waals surface area contributed by atoms with E-state index in [4.69, 9.17) is 0 Å². The van der Waals surface area contributed by atoms with E-state index >= 15 is 0 Å². The van der Waals surface area contributed by atoms with E-state index in [1.807, 2.05) is 23.1 Å². The number of hydrogen-bond acceptors (Lipinski definition) is 2. The van der Waals surface area contributed by atoms with Gasteiger partial charge in [0.2, 0.25) is 0 Å². The van der Waals surface area contributed by atoms with Crippen molar-refractivity contribution in [1.82, 2.24) is 9.88 Å². The van der Waals surface area contributed by atoms with Crippen LogP contribution >= 0.6 is 15.9 Å². The van der Waals surface area contributed by atoms with Crippen molar-refractivity contribution in [3.63, 3.8) is 0 Å². The summed E-state index contributed by atoms with van der Waals surface area (Å²) in [5, 5.41) is 0. The van der Waals surface area contributed by atoms with E-state index in [0.717, 1.165) is 12.8 Å². The van der Waals surface area contributed by atoms with E-state index in [1.165, 1.54) is 11.1 Å². The highest BCUT2D eigenvalue weighted by Gasteiger charge is 2.33. The van der Waals surface area contributed by atoms with Crippen molar-refractivity contribution in [2.45, 2.75) is 32.4 Å². The van der Waals surface area contributed by atoms with Gasteiger partial charge in [0.05, 0.1) is 0 Å². The second-order valence-corrected chi connectivity index (χ2v) is 6.31. The number of amides is 1. The van der Waals surface area contributed by atoms with Crippen LogP contribution in [0.3, 0.4) is 0 Å². The molecule has 0 bridgehead atoms. The Bertz CT molecular complexity index is 667. The molecule has 1 amide bonds. The van der Waals surface area contributed by atoms with Gasteiger partial charge in [-0.25, -0.2) is 4.98 Å². The van der Waals surface area contributed by atoms with Crippen LogP contribution in [-0.4, -0.2) is 21.8 Å². The van der Waals surface area contributed by atoms with Crippen LogP contribution in [-0.2, 0) is 6.54 Å². The summed E-state index contributed by atoms with van der Waals surface area (Å²) in [7, 11) is 0. The summed E-state index contributed by atoms with van der Waals surface area (Å²) < 4.78 is 0.694. The molecular formula is C17H17BrN2O. The average Bonchev–Trinajstić information content (AvgIpc) is 3.29. The van der Waals surface area contributed by atoms with Gasteiger partial charge in [0, 0.05) is 12.6 Å². The first-order valence-corrected chi connectivity index (χ1v) is 7.92. The number of rotatable bonds is 4. The molecule has 3 nitrogen and oxygen atoms in total. The standard InChI is InChI=1S/C17H17BrN2O/c1-12-4-2-5-13(10-12)11-20(14-8-9-14)17(21)15-6-3-7-16(18)19-15/h2-7,10,14H,8-9,11H2,1H3. The first-order valence-electron chi connectivity index (χ1n) is 7.12. The Kier molecular flexibility index (Phi) is 4.06. The highest BCUT2D eigenvalue weighted by Crippen LogP contribution is 2.29. The molecule has 0 atom stereocenters. The molecule has 0 spiro atoms. The predicted molar refractivity (Wildman–Crippen MR) is 86.0 cm³/mol. The quantitative estimate of drug-likeness (QED) is 0.786. The van der Waals surface area contributed by atoms with Gasteiger partial charge in [0.25, 0.3) is 5.91 Å². The average molecular weight is 345 g/mol. The zero-order chi connectivity index (χ0) is 14.8. The molecule has 3 rings (SSSR count). The van der Waals surface area contributed by atoms with Crippen molar-refractivity contribution in [3.8, 4) is 0 Å². The Labute approximate surface area is 133 Å². The first kappa shape index (κ1) is 14.3. The third kappa shape index (κ3) is 3.50. The molecule has 1 heterocycles. The predicted octanol–water partition coefficient (Wildman–Crippen LogP) is 3.96. The van der Waals surface area contributed by atoms with Gasteiger partial charge < -0.3 is 4.90 Å². The molecule has 1 aliphatic rings. The van der Waals surface area contributed by atoms with Gasteiger partial charge in [-0.05, 0) is 53.4 Å². The van der Waals surface area contributed by atoms with Crippen LogP contribution in [0.2, 0.25) is 0 Å². The summed E-state index contributed by atoms with van der Waals surface area (Å²) in [6, 6.07) is 14.1. The smallest absolute Gasteiger partial charge is 0.273 e. The summed E-state index contributed by atoms with van der Waals surface area (Å²) in [6.07, 6.45) is 2.18. The molecule has 21 heavy (non-hydrogen) atoms. The lowest BCUT2D eigenvalue weighted by Gasteiger charge is -2.22. The summed E-state index contributed by atoms with van der Waals surface area (Å²) in [6.45, 7) is 2.72. The zero-order valence-corrected chi connectivity index (χ0v) is 13.5. The van der Waals surface area contributed by atoms with Gasteiger partial charge in [0.1, 0.15) is 10.3 Å². The Morgan fingerprint density at radius 1 is 1.29 bits per heavy atom. The Balaban J connectivity index is 1.83. The molecule has 1 aliphatic carbocycles. The molecule has 1 aromatic carbocycles. The van der Waals surface area contributed by atoms with Gasteiger partial charge >= 0.3 is 0 Å². The molecule has 0 saturated heterocycles. The van der Waals surface area contributed by atoms with Crippen molar-refractivity contribution >= 4 is 21.8 Å². The largest absolute Gasteiger partial charge is 0.330 e. The third-order valence-electron chi connectivity index (χ3n) is 3.62. The van der Waals surface area contributed by atoms with Crippen molar-refractivity contribution in [1.29, 1.82) is 0 Å². The normalized spacial score (nSPS) is 14.0. The highest BCUT2D eigenvalue weighted by atomic mass is 79.9. The van der Waals surface area contributed by atoms with Gasteiger partial charge in [0.15, 0.2) is 0 Å². The van der Waals surface area contributed by atoms with Gasteiger partial charge in [-0.3, -0.25) is 4.79 Å². The second kappa shape index (κ2) is 5.98. The molecule has 1 aromatic heterocycles. The molecule has 4 heteroatoms. The van der Waals surface area contributed by atoms with E-state index in [2.05, 4.69) is 46.0 Å². The molecule has 1 saturated carbocycles. The number of hydrogen-bond donors (Lipinski definition) is 0. The SMILES string of the molecule is Cc1cccc(CN(C(=O)c2cccc(Br)n2)C2CC2)c1. The minimum atomic E-state index is 0.0142. The maximum atomic E-state index is 12.7.